The summed E-state index contributed by atoms with van der Waals surface area (Å²) in [6, 6.07) is 13.4. The lowest BCUT2D eigenvalue weighted by Crippen LogP contribution is -2.22. The molecule has 0 bridgehead atoms. The maximum atomic E-state index is 12.2. The lowest BCUT2D eigenvalue weighted by Gasteiger charge is -2.19. The molecule has 2 N–H and O–H groups in total. The number of amides is 1. The number of sulfonamides is 1. The van der Waals surface area contributed by atoms with E-state index in [1.54, 1.807) is 24.3 Å². The van der Waals surface area contributed by atoms with Crippen molar-refractivity contribution in [1.82, 2.24) is 0 Å². The molecule has 0 aliphatic heterocycles. The molecule has 0 radical (unpaired) electrons. The van der Waals surface area contributed by atoms with Crippen LogP contribution in [0.5, 0.6) is 0 Å². The minimum atomic E-state index is -3.56. The maximum Gasteiger partial charge on any atom is 0.340 e. The van der Waals surface area contributed by atoms with E-state index in [1.165, 1.54) is 12.1 Å². The normalized spacial score (nSPS) is 11.6. The first kappa shape index (κ1) is 21.4. The second-order valence-electron chi connectivity index (χ2n) is 7.37. The fourth-order valence-corrected chi connectivity index (χ4v) is 2.99. The van der Waals surface area contributed by atoms with Crippen LogP contribution in [0.4, 0.5) is 11.4 Å². The molecule has 8 heteroatoms. The minimum Gasteiger partial charge on any atom is -0.452 e. The molecule has 0 aliphatic carbocycles. The third-order valence-corrected chi connectivity index (χ3v) is 4.40. The van der Waals surface area contributed by atoms with Gasteiger partial charge >= 0.3 is 5.97 Å². The molecule has 2 aromatic rings. The van der Waals surface area contributed by atoms with Gasteiger partial charge in [0.15, 0.2) is 6.61 Å². The zero-order valence-electron chi connectivity index (χ0n) is 16.3. The molecule has 0 spiro atoms. The van der Waals surface area contributed by atoms with E-state index < -0.39 is 28.5 Å². The Morgan fingerprint density at radius 3 is 2.18 bits per heavy atom. The lowest BCUT2D eigenvalue weighted by atomic mass is 9.87. The van der Waals surface area contributed by atoms with Crippen molar-refractivity contribution in [1.29, 1.82) is 0 Å². The topological polar surface area (TPSA) is 102 Å². The summed E-state index contributed by atoms with van der Waals surface area (Å²) in [6.45, 7) is 5.79. The number of nitrogens with one attached hydrogen (secondary N) is 2. The van der Waals surface area contributed by atoms with Gasteiger partial charge < -0.3 is 10.1 Å². The van der Waals surface area contributed by atoms with Crippen molar-refractivity contribution in [3.8, 4) is 0 Å². The summed E-state index contributed by atoms with van der Waals surface area (Å²) >= 11 is 0. The molecule has 0 aromatic heterocycles. The van der Waals surface area contributed by atoms with Gasteiger partial charge in [-0.15, -0.1) is 0 Å². The Morgan fingerprint density at radius 2 is 1.61 bits per heavy atom. The predicted molar refractivity (Wildman–Crippen MR) is 109 cm³/mol. The zero-order chi connectivity index (χ0) is 20.9. The Hall–Kier alpha value is -2.87. The van der Waals surface area contributed by atoms with Gasteiger partial charge in [-0.1, -0.05) is 45.0 Å². The molecule has 0 fully saturated rings. The first-order valence-corrected chi connectivity index (χ1v) is 10.5. The van der Waals surface area contributed by atoms with E-state index >= 15 is 0 Å². The van der Waals surface area contributed by atoms with E-state index in [2.05, 4.69) is 30.8 Å². The molecule has 2 rings (SSSR count). The first-order chi connectivity index (χ1) is 13.0. The Morgan fingerprint density at radius 1 is 1.00 bits per heavy atom. The molecule has 0 heterocycles. The lowest BCUT2D eigenvalue weighted by molar-refractivity contribution is -0.119. The van der Waals surface area contributed by atoms with E-state index in [0.717, 1.165) is 11.8 Å². The Balaban J connectivity index is 1.97. The van der Waals surface area contributed by atoms with Crippen LogP contribution < -0.4 is 10.0 Å². The van der Waals surface area contributed by atoms with Gasteiger partial charge in [-0.05, 0) is 35.2 Å². The van der Waals surface area contributed by atoms with E-state index in [1.807, 2.05) is 12.1 Å². The number of esters is 1. The Labute approximate surface area is 165 Å². The molecule has 1 amide bonds. The largest absolute Gasteiger partial charge is 0.452 e. The average molecular weight is 404 g/mol. The van der Waals surface area contributed by atoms with Crippen molar-refractivity contribution < 1.29 is 22.7 Å². The van der Waals surface area contributed by atoms with E-state index in [9.17, 15) is 18.0 Å². The number of carbonyl (C=O) groups excluding carboxylic acids is 2. The zero-order valence-corrected chi connectivity index (χ0v) is 17.1. The third kappa shape index (κ3) is 6.38. The van der Waals surface area contributed by atoms with Crippen LogP contribution in [0.25, 0.3) is 0 Å². The fourth-order valence-electron chi connectivity index (χ4n) is 2.41. The summed E-state index contributed by atoms with van der Waals surface area (Å²) in [5.41, 5.74) is 1.84. The quantitative estimate of drug-likeness (QED) is 0.720. The van der Waals surface area contributed by atoms with Gasteiger partial charge in [0.05, 0.1) is 17.5 Å². The molecule has 2 aromatic carbocycles. The highest BCUT2D eigenvalue weighted by atomic mass is 32.2. The SMILES string of the molecule is CC(C)(C)c1ccc(NC(=O)COC(=O)c2ccccc2NS(C)(=O)=O)cc1. The van der Waals surface area contributed by atoms with Crippen LogP contribution in [0.15, 0.2) is 48.5 Å². The highest BCUT2D eigenvalue weighted by Gasteiger charge is 2.17. The van der Waals surface area contributed by atoms with Crippen molar-refractivity contribution >= 4 is 33.3 Å². The first-order valence-electron chi connectivity index (χ1n) is 8.60. The smallest absolute Gasteiger partial charge is 0.340 e. The molecule has 0 aliphatic rings. The summed E-state index contributed by atoms with van der Waals surface area (Å²) < 4.78 is 30.1. The number of anilines is 2. The molecule has 7 nitrogen and oxygen atoms in total. The third-order valence-electron chi connectivity index (χ3n) is 3.81. The standard InChI is InChI=1S/C20H24N2O5S/c1-20(2,3)14-9-11-15(12-10-14)21-18(23)13-27-19(24)16-7-5-6-8-17(16)22-28(4,25)26/h5-12,22H,13H2,1-4H3,(H,21,23). The van der Waals surface area contributed by atoms with Gasteiger partial charge in [0.2, 0.25) is 10.0 Å². The molecular formula is C20H24N2O5S. The van der Waals surface area contributed by atoms with Gasteiger partial charge in [0.25, 0.3) is 5.91 Å². The van der Waals surface area contributed by atoms with Crippen LogP contribution in [-0.2, 0) is 25.0 Å². The van der Waals surface area contributed by atoms with Crippen molar-refractivity contribution in [2.75, 3.05) is 22.9 Å². The van der Waals surface area contributed by atoms with Gasteiger partial charge in [-0.25, -0.2) is 13.2 Å². The van der Waals surface area contributed by atoms with Gasteiger partial charge in [-0.2, -0.15) is 0 Å². The molecule has 0 saturated carbocycles. The second kappa shape index (κ2) is 8.43. The number of para-hydroxylation sites is 1. The number of hydrogen-bond acceptors (Lipinski definition) is 5. The minimum absolute atomic E-state index is 0.00542. The van der Waals surface area contributed by atoms with Crippen LogP contribution in [-0.4, -0.2) is 33.2 Å². The van der Waals surface area contributed by atoms with Gasteiger partial charge in [-0.3, -0.25) is 9.52 Å². The van der Waals surface area contributed by atoms with E-state index in [-0.39, 0.29) is 16.7 Å². The molecule has 0 saturated heterocycles. The number of hydrogen-bond donors (Lipinski definition) is 2. The summed E-state index contributed by atoms with van der Waals surface area (Å²) in [7, 11) is -3.56. The molecule has 150 valence electrons. The monoisotopic (exact) mass is 404 g/mol. The van der Waals surface area contributed by atoms with Crippen molar-refractivity contribution in [3.05, 3.63) is 59.7 Å². The van der Waals surface area contributed by atoms with Crippen LogP contribution in [0.2, 0.25) is 0 Å². The Kier molecular flexibility index (Phi) is 6.45. The molecule has 28 heavy (non-hydrogen) atoms. The number of ether oxygens (including phenoxy) is 1. The molecule has 0 atom stereocenters. The fraction of sp³-hybridized carbons (Fsp3) is 0.300. The van der Waals surface area contributed by atoms with Crippen LogP contribution >= 0.6 is 0 Å². The summed E-state index contributed by atoms with van der Waals surface area (Å²) in [5.74, 6) is -1.30. The number of carbonyl (C=O) groups is 2. The van der Waals surface area contributed by atoms with Crippen molar-refractivity contribution in [2.45, 2.75) is 26.2 Å². The van der Waals surface area contributed by atoms with Crippen LogP contribution in [0.3, 0.4) is 0 Å². The number of benzene rings is 2. The highest BCUT2D eigenvalue weighted by Crippen LogP contribution is 2.23. The summed E-state index contributed by atoms with van der Waals surface area (Å²) in [6.07, 6.45) is 0.980. The summed E-state index contributed by atoms with van der Waals surface area (Å²) in [5, 5.41) is 2.65. The number of rotatable bonds is 6. The molecule has 0 unspecified atom stereocenters. The second-order valence-corrected chi connectivity index (χ2v) is 9.12. The Bertz CT molecular complexity index is 961. The van der Waals surface area contributed by atoms with Gasteiger partial charge in [0.1, 0.15) is 0 Å². The van der Waals surface area contributed by atoms with Gasteiger partial charge in [0, 0.05) is 5.69 Å². The van der Waals surface area contributed by atoms with Crippen molar-refractivity contribution in [2.24, 2.45) is 0 Å². The molecular weight excluding hydrogens is 380 g/mol. The maximum absolute atomic E-state index is 12.2. The van der Waals surface area contributed by atoms with Crippen LogP contribution in [0, 0.1) is 0 Å². The van der Waals surface area contributed by atoms with Crippen LogP contribution in [0.1, 0.15) is 36.7 Å². The highest BCUT2D eigenvalue weighted by molar-refractivity contribution is 7.92. The summed E-state index contributed by atoms with van der Waals surface area (Å²) in [4.78, 5) is 24.3. The van der Waals surface area contributed by atoms with E-state index in [0.29, 0.717) is 5.69 Å². The average Bonchev–Trinajstić information content (AvgIpc) is 2.58. The van der Waals surface area contributed by atoms with E-state index in [4.69, 9.17) is 4.74 Å². The van der Waals surface area contributed by atoms with Crippen molar-refractivity contribution in [3.63, 3.8) is 0 Å². The predicted octanol–water partition coefficient (Wildman–Crippen LogP) is 3.15.